The zero-order chi connectivity index (χ0) is 22.8. The molecule has 5 rings (SSSR count). The molecular formula is C25H20BrN3O2S2. The van der Waals surface area contributed by atoms with E-state index in [4.69, 9.17) is 21.7 Å². The molecule has 0 aliphatic carbocycles. The lowest BCUT2D eigenvalue weighted by Gasteiger charge is -2.27. The smallest absolute Gasteiger partial charge is 0.174 e. The van der Waals surface area contributed by atoms with E-state index in [2.05, 4.69) is 43.3 Å². The summed E-state index contributed by atoms with van der Waals surface area (Å²) in [6, 6.07) is 25.6. The van der Waals surface area contributed by atoms with Gasteiger partial charge in [0.05, 0.1) is 28.7 Å². The second kappa shape index (κ2) is 9.51. The lowest BCUT2D eigenvalue weighted by Crippen LogP contribution is -2.28. The molecule has 0 radical (unpaired) electrons. The second-order valence-corrected chi connectivity index (χ2v) is 10.3. The highest BCUT2D eigenvalue weighted by Gasteiger charge is 2.41. The van der Waals surface area contributed by atoms with Crippen LogP contribution < -0.4 is 19.7 Å². The van der Waals surface area contributed by atoms with Crippen molar-refractivity contribution in [1.82, 2.24) is 10.3 Å². The van der Waals surface area contributed by atoms with Crippen LogP contribution in [0.4, 0.5) is 5.69 Å². The molecule has 2 aromatic heterocycles. The van der Waals surface area contributed by atoms with Gasteiger partial charge in [0.15, 0.2) is 5.11 Å². The van der Waals surface area contributed by atoms with Gasteiger partial charge in [-0.25, -0.2) is 0 Å². The minimum absolute atomic E-state index is 0.0166. The van der Waals surface area contributed by atoms with Crippen molar-refractivity contribution in [3.63, 3.8) is 0 Å². The Morgan fingerprint density at radius 1 is 0.939 bits per heavy atom. The van der Waals surface area contributed by atoms with E-state index in [9.17, 15) is 0 Å². The van der Waals surface area contributed by atoms with Gasteiger partial charge < -0.3 is 19.7 Å². The van der Waals surface area contributed by atoms with Crippen LogP contribution in [-0.2, 0) is 0 Å². The first-order valence-electron chi connectivity index (χ1n) is 10.3. The minimum Gasteiger partial charge on any atom is -0.497 e. The molecule has 2 aromatic carbocycles. The van der Waals surface area contributed by atoms with E-state index < -0.39 is 0 Å². The summed E-state index contributed by atoms with van der Waals surface area (Å²) in [6.45, 7) is 0. The van der Waals surface area contributed by atoms with E-state index in [0.717, 1.165) is 32.4 Å². The molecule has 1 aliphatic heterocycles. The number of ether oxygens (including phenoxy) is 2. The van der Waals surface area contributed by atoms with Crippen molar-refractivity contribution in [1.29, 1.82) is 0 Å². The Hall–Kier alpha value is -2.94. The highest BCUT2D eigenvalue weighted by atomic mass is 79.9. The van der Waals surface area contributed by atoms with Crippen LogP contribution in [0.25, 0.3) is 0 Å². The van der Waals surface area contributed by atoms with Crippen molar-refractivity contribution in [2.75, 3.05) is 12.0 Å². The third kappa shape index (κ3) is 4.59. The summed E-state index contributed by atoms with van der Waals surface area (Å²) in [5.41, 5.74) is 1.94. The monoisotopic (exact) mass is 537 g/mol. The molecule has 0 bridgehead atoms. The first kappa shape index (κ1) is 21.9. The van der Waals surface area contributed by atoms with Gasteiger partial charge in [-0.1, -0.05) is 6.07 Å². The van der Waals surface area contributed by atoms with E-state index in [1.54, 1.807) is 18.4 Å². The number of aromatic nitrogens is 1. The zero-order valence-corrected chi connectivity index (χ0v) is 20.9. The quantitative estimate of drug-likeness (QED) is 0.270. The number of pyridine rings is 1. The Bertz CT molecular complexity index is 1250. The number of rotatable bonds is 6. The molecule has 1 saturated heterocycles. The summed E-state index contributed by atoms with van der Waals surface area (Å²) < 4.78 is 12.3. The molecule has 1 fully saturated rings. The molecule has 0 spiro atoms. The van der Waals surface area contributed by atoms with E-state index in [0.29, 0.717) is 5.11 Å². The van der Waals surface area contributed by atoms with Gasteiger partial charge >= 0.3 is 0 Å². The van der Waals surface area contributed by atoms with Crippen LogP contribution in [0.3, 0.4) is 0 Å². The van der Waals surface area contributed by atoms with Crippen LogP contribution in [0, 0.1) is 0 Å². The average Bonchev–Trinajstić information content (AvgIpc) is 3.43. The molecule has 0 unspecified atom stereocenters. The Balaban J connectivity index is 1.44. The van der Waals surface area contributed by atoms with Gasteiger partial charge in [0, 0.05) is 16.8 Å². The van der Waals surface area contributed by atoms with E-state index in [1.807, 2.05) is 72.9 Å². The van der Waals surface area contributed by atoms with Gasteiger partial charge in [0.25, 0.3) is 0 Å². The molecule has 33 heavy (non-hydrogen) atoms. The standard InChI is InChI=1S/C25H20BrN3O2S2/c1-30-17-9-11-19(12-10-17)31-18-7-5-16(6-8-18)29-24(21-13-14-22(26)33-21)23(28-25(29)32)20-4-2-3-15-27-20/h2-15,23-24H,1H3,(H,28,32)/t23-,24-/m0/s1. The maximum absolute atomic E-state index is 5.99. The summed E-state index contributed by atoms with van der Waals surface area (Å²) >= 11 is 11.1. The van der Waals surface area contributed by atoms with Crippen molar-refractivity contribution < 1.29 is 9.47 Å². The van der Waals surface area contributed by atoms with Crippen molar-refractivity contribution >= 4 is 50.3 Å². The topological polar surface area (TPSA) is 46.6 Å². The van der Waals surface area contributed by atoms with Crippen molar-refractivity contribution in [3.05, 3.63) is 99.4 Å². The van der Waals surface area contributed by atoms with Crippen LogP contribution >= 0.6 is 39.5 Å². The number of anilines is 1. The highest BCUT2D eigenvalue weighted by molar-refractivity contribution is 9.11. The number of hydrogen-bond donors (Lipinski definition) is 1. The van der Waals surface area contributed by atoms with Crippen LogP contribution in [0.5, 0.6) is 17.2 Å². The molecule has 0 saturated carbocycles. The third-order valence-corrected chi connectivity index (χ3v) is 7.40. The van der Waals surface area contributed by atoms with Crippen molar-refractivity contribution in [3.8, 4) is 17.2 Å². The Labute approximate surface area is 210 Å². The molecule has 4 aromatic rings. The first-order chi connectivity index (χ1) is 16.1. The Morgan fingerprint density at radius 3 is 2.24 bits per heavy atom. The van der Waals surface area contributed by atoms with Gasteiger partial charge in [-0.15, -0.1) is 11.3 Å². The lowest BCUT2D eigenvalue weighted by atomic mass is 10.0. The molecule has 166 valence electrons. The molecular weight excluding hydrogens is 518 g/mol. The van der Waals surface area contributed by atoms with E-state index in [1.165, 1.54) is 4.88 Å². The van der Waals surface area contributed by atoms with Gasteiger partial charge in [-0.2, -0.15) is 0 Å². The fraction of sp³-hybridized carbons (Fsp3) is 0.120. The number of halogens is 1. The number of nitrogens with zero attached hydrogens (tertiary/aromatic N) is 2. The van der Waals surface area contributed by atoms with E-state index in [-0.39, 0.29) is 12.1 Å². The number of methoxy groups -OCH3 is 1. The fourth-order valence-corrected chi connectivity index (χ4v) is 5.76. The number of benzene rings is 2. The molecule has 3 heterocycles. The third-order valence-electron chi connectivity index (χ3n) is 5.39. The highest BCUT2D eigenvalue weighted by Crippen LogP contribution is 2.44. The van der Waals surface area contributed by atoms with Crippen LogP contribution in [0.2, 0.25) is 0 Å². The predicted molar refractivity (Wildman–Crippen MR) is 139 cm³/mol. The normalized spacial score (nSPS) is 17.6. The minimum atomic E-state index is -0.0560. The summed E-state index contributed by atoms with van der Waals surface area (Å²) in [4.78, 5) is 7.95. The maximum Gasteiger partial charge on any atom is 0.174 e. The van der Waals surface area contributed by atoms with Gasteiger partial charge in [0.1, 0.15) is 17.2 Å². The van der Waals surface area contributed by atoms with Crippen LogP contribution in [0.15, 0.2) is 88.8 Å². The van der Waals surface area contributed by atoms with Crippen LogP contribution in [-0.4, -0.2) is 17.2 Å². The molecule has 8 heteroatoms. The number of thiocarbonyl (C=S) groups is 1. The number of hydrogen-bond acceptors (Lipinski definition) is 5. The summed E-state index contributed by atoms with van der Waals surface area (Å²) in [7, 11) is 1.65. The molecule has 5 nitrogen and oxygen atoms in total. The summed E-state index contributed by atoms with van der Waals surface area (Å²) in [5, 5.41) is 4.16. The van der Waals surface area contributed by atoms with Gasteiger partial charge in [0.2, 0.25) is 0 Å². The molecule has 0 amide bonds. The molecule has 2 atom stereocenters. The predicted octanol–water partition coefficient (Wildman–Crippen LogP) is 6.88. The lowest BCUT2D eigenvalue weighted by molar-refractivity contribution is 0.413. The average molecular weight is 538 g/mol. The first-order valence-corrected chi connectivity index (χ1v) is 12.3. The number of nitrogens with one attached hydrogen (secondary N) is 1. The van der Waals surface area contributed by atoms with Crippen LogP contribution in [0.1, 0.15) is 22.7 Å². The fourth-order valence-electron chi connectivity index (χ4n) is 3.86. The van der Waals surface area contributed by atoms with Gasteiger partial charge in [-0.05, 0) is 101 Å². The summed E-state index contributed by atoms with van der Waals surface area (Å²) in [6.07, 6.45) is 1.81. The van der Waals surface area contributed by atoms with Gasteiger partial charge in [-0.3, -0.25) is 4.98 Å². The Morgan fingerprint density at radius 2 is 1.64 bits per heavy atom. The van der Waals surface area contributed by atoms with Crippen molar-refractivity contribution in [2.24, 2.45) is 0 Å². The maximum atomic E-state index is 5.99. The molecule has 1 N–H and O–H groups in total. The Kier molecular flexibility index (Phi) is 6.30. The summed E-state index contributed by atoms with van der Waals surface area (Å²) in [5.74, 6) is 2.29. The van der Waals surface area contributed by atoms with Crippen molar-refractivity contribution in [2.45, 2.75) is 12.1 Å². The number of thiophene rings is 1. The second-order valence-electron chi connectivity index (χ2n) is 7.41. The SMILES string of the molecule is COc1ccc(Oc2ccc(N3C(=S)N[C@@H](c4ccccn4)[C@@H]3c3ccc(Br)s3)cc2)cc1. The molecule has 1 aliphatic rings. The zero-order valence-electron chi connectivity index (χ0n) is 17.6. The largest absolute Gasteiger partial charge is 0.497 e. The van der Waals surface area contributed by atoms with E-state index >= 15 is 0 Å².